The van der Waals surface area contributed by atoms with Gasteiger partial charge in [-0.3, -0.25) is 0 Å². The standard InChI is InChI=1S/C16H23BrFNO/c1-2-11-4-3-7-16(9-11,10-19)15(20)13-6-5-12(18)8-14(13)17/h5-6,8,11,15,20H,2-4,7,9-10,19H2,1H3. The second-order valence-corrected chi connectivity index (χ2v) is 6.86. The van der Waals surface area contributed by atoms with E-state index in [1.54, 1.807) is 6.07 Å². The lowest BCUT2D eigenvalue weighted by Crippen LogP contribution is -2.41. The van der Waals surface area contributed by atoms with Crippen LogP contribution in [0.4, 0.5) is 4.39 Å². The second-order valence-electron chi connectivity index (χ2n) is 6.01. The van der Waals surface area contributed by atoms with Crippen molar-refractivity contribution in [2.24, 2.45) is 17.1 Å². The van der Waals surface area contributed by atoms with E-state index in [0.717, 1.165) is 31.2 Å². The molecule has 0 aromatic heterocycles. The molecule has 1 aromatic rings. The molecule has 1 fully saturated rings. The molecule has 0 spiro atoms. The highest BCUT2D eigenvalue weighted by molar-refractivity contribution is 9.10. The molecule has 0 amide bonds. The molecule has 0 aliphatic heterocycles. The number of rotatable bonds is 4. The van der Waals surface area contributed by atoms with Crippen LogP contribution in [0.3, 0.4) is 0 Å². The molecular weight excluding hydrogens is 321 g/mol. The van der Waals surface area contributed by atoms with E-state index in [0.29, 0.717) is 16.9 Å². The summed E-state index contributed by atoms with van der Waals surface area (Å²) in [7, 11) is 0. The summed E-state index contributed by atoms with van der Waals surface area (Å²) in [4.78, 5) is 0. The lowest BCUT2D eigenvalue weighted by molar-refractivity contribution is -0.0166. The van der Waals surface area contributed by atoms with Crippen molar-refractivity contribution < 1.29 is 9.50 Å². The summed E-state index contributed by atoms with van der Waals surface area (Å²) in [6.07, 6.45) is 4.69. The molecule has 2 rings (SSSR count). The maximum Gasteiger partial charge on any atom is 0.124 e. The van der Waals surface area contributed by atoms with E-state index in [2.05, 4.69) is 22.9 Å². The van der Waals surface area contributed by atoms with Gasteiger partial charge in [-0.05, 0) is 36.5 Å². The Balaban J connectivity index is 2.30. The van der Waals surface area contributed by atoms with Gasteiger partial charge < -0.3 is 10.8 Å². The molecule has 0 radical (unpaired) electrons. The van der Waals surface area contributed by atoms with Gasteiger partial charge in [-0.25, -0.2) is 4.39 Å². The summed E-state index contributed by atoms with van der Waals surface area (Å²) in [6.45, 7) is 2.66. The first-order valence-electron chi connectivity index (χ1n) is 7.35. The van der Waals surface area contributed by atoms with Crippen molar-refractivity contribution in [1.82, 2.24) is 0 Å². The van der Waals surface area contributed by atoms with Crippen LogP contribution < -0.4 is 5.73 Å². The highest BCUT2D eigenvalue weighted by atomic mass is 79.9. The average molecular weight is 344 g/mol. The Hall–Kier alpha value is -0.450. The molecule has 3 N–H and O–H groups in total. The third-order valence-electron chi connectivity index (χ3n) is 4.80. The Bertz CT molecular complexity index is 468. The average Bonchev–Trinajstić information content (AvgIpc) is 2.46. The van der Waals surface area contributed by atoms with E-state index in [1.165, 1.54) is 18.6 Å². The first-order valence-corrected chi connectivity index (χ1v) is 8.15. The van der Waals surface area contributed by atoms with Crippen LogP contribution in [0.5, 0.6) is 0 Å². The zero-order valence-electron chi connectivity index (χ0n) is 11.9. The summed E-state index contributed by atoms with van der Waals surface area (Å²) in [5.41, 5.74) is 6.49. The molecular formula is C16H23BrFNO. The third kappa shape index (κ3) is 3.07. The number of hydrogen-bond donors (Lipinski definition) is 2. The largest absolute Gasteiger partial charge is 0.388 e. The van der Waals surface area contributed by atoms with Gasteiger partial charge in [0.15, 0.2) is 0 Å². The Labute approximate surface area is 128 Å². The van der Waals surface area contributed by atoms with Crippen LogP contribution in [0.25, 0.3) is 0 Å². The number of nitrogens with two attached hydrogens (primary N) is 1. The zero-order valence-corrected chi connectivity index (χ0v) is 13.5. The van der Waals surface area contributed by atoms with Crippen molar-refractivity contribution in [2.45, 2.75) is 45.1 Å². The van der Waals surface area contributed by atoms with E-state index in [-0.39, 0.29) is 11.2 Å². The lowest BCUT2D eigenvalue weighted by Gasteiger charge is -2.44. The van der Waals surface area contributed by atoms with Gasteiger partial charge in [-0.2, -0.15) is 0 Å². The molecule has 112 valence electrons. The molecule has 20 heavy (non-hydrogen) atoms. The van der Waals surface area contributed by atoms with E-state index in [9.17, 15) is 9.50 Å². The van der Waals surface area contributed by atoms with Gasteiger partial charge >= 0.3 is 0 Å². The van der Waals surface area contributed by atoms with Gasteiger partial charge in [0.05, 0.1) is 6.10 Å². The topological polar surface area (TPSA) is 46.2 Å². The minimum atomic E-state index is -0.642. The number of hydrogen-bond acceptors (Lipinski definition) is 2. The van der Waals surface area contributed by atoms with Crippen molar-refractivity contribution in [1.29, 1.82) is 0 Å². The Morgan fingerprint density at radius 1 is 1.55 bits per heavy atom. The van der Waals surface area contributed by atoms with Gasteiger partial charge in [0.1, 0.15) is 5.82 Å². The van der Waals surface area contributed by atoms with Crippen LogP contribution in [0.2, 0.25) is 0 Å². The van der Waals surface area contributed by atoms with Crippen molar-refractivity contribution in [3.63, 3.8) is 0 Å². The van der Waals surface area contributed by atoms with Gasteiger partial charge in [0.2, 0.25) is 0 Å². The summed E-state index contributed by atoms with van der Waals surface area (Å²) in [6, 6.07) is 4.47. The van der Waals surface area contributed by atoms with Crippen LogP contribution in [0.1, 0.15) is 50.7 Å². The number of aliphatic hydroxyl groups excluding tert-OH is 1. The second kappa shape index (κ2) is 6.54. The van der Waals surface area contributed by atoms with E-state index < -0.39 is 6.10 Å². The maximum atomic E-state index is 13.2. The number of aliphatic hydroxyl groups is 1. The smallest absolute Gasteiger partial charge is 0.124 e. The first-order chi connectivity index (χ1) is 9.52. The van der Waals surface area contributed by atoms with E-state index in [1.807, 2.05) is 0 Å². The molecule has 1 aliphatic rings. The van der Waals surface area contributed by atoms with Crippen LogP contribution in [0.15, 0.2) is 22.7 Å². The molecule has 0 saturated heterocycles. The molecule has 4 heteroatoms. The van der Waals surface area contributed by atoms with Crippen LogP contribution in [0, 0.1) is 17.2 Å². The van der Waals surface area contributed by atoms with Crippen molar-refractivity contribution in [3.05, 3.63) is 34.1 Å². The Kier molecular flexibility index (Phi) is 5.21. The van der Waals surface area contributed by atoms with Crippen LogP contribution >= 0.6 is 15.9 Å². The summed E-state index contributed by atoms with van der Waals surface area (Å²) >= 11 is 3.36. The van der Waals surface area contributed by atoms with Crippen molar-refractivity contribution in [2.75, 3.05) is 6.54 Å². The SMILES string of the molecule is CCC1CCCC(CN)(C(O)c2ccc(F)cc2Br)C1. The fraction of sp³-hybridized carbons (Fsp3) is 0.625. The highest BCUT2D eigenvalue weighted by Crippen LogP contribution is 2.49. The molecule has 1 saturated carbocycles. The van der Waals surface area contributed by atoms with Gasteiger partial charge in [0.25, 0.3) is 0 Å². The normalized spacial score (nSPS) is 28.4. The van der Waals surface area contributed by atoms with Gasteiger partial charge in [0, 0.05) is 16.4 Å². The molecule has 0 heterocycles. The lowest BCUT2D eigenvalue weighted by atomic mass is 9.64. The minimum Gasteiger partial charge on any atom is -0.388 e. The Morgan fingerprint density at radius 3 is 2.90 bits per heavy atom. The molecule has 3 atom stereocenters. The molecule has 2 nitrogen and oxygen atoms in total. The third-order valence-corrected chi connectivity index (χ3v) is 5.49. The summed E-state index contributed by atoms with van der Waals surface area (Å²) < 4.78 is 13.8. The predicted molar refractivity (Wildman–Crippen MR) is 82.8 cm³/mol. The summed E-state index contributed by atoms with van der Waals surface area (Å²) in [5.74, 6) is 0.325. The molecule has 1 aliphatic carbocycles. The Morgan fingerprint density at radius 2 is 2.30 bits per heavy atom. The quantitative estimate of drug-likeness (QED) is 0.861. The molecule has 1 aromatic carbocycles. The van der Waals surface area contributed by atoms with E-state index in [4.69, 9.17) is 5.73 Å². The van der Waals surface area contributed by atoms with Gasteiger partial charge in [-0.1, -0.05) is 48.2 Å². The summed E-state index contributed by atoms with van der Waals surface area (Å²) in [5, 5.41) is 10.8. The number of benzene rings is 1. The monoisotopic (exact) mass is 343 g/mol. The van der Waals surface area contributed by atoms with Crippen molar-refractivity contribution in [3.8, 4) is 0 Å². The van der Waals surface area contributed by atoms with Crippen LogP contribution in [-0.4, -0.2) is 11.7 Å². The van der Waals surface area contributed by atoms with Crippen LogP contribution in [-0.2, 0) is 0 Å². The predicted octanol–water partition coefficient (Wildman–Crippen LogP) is 4.17. The fourth-order valence-electron chi connectivity index (χ4n) is 3.47. The number of halogens is 2. The fourth-order valence-corrected chi connectivity index (χ4v) is 4.04. The van der Waals surface area contributed by atoms with Crippen molar-refractivity contribution >= 4 is 15.9 Å². The van der Waals surface area contributed by atoms with Gasteiger partial charge in [-0.15, -0.1) is 0 Å². The highest BCUT2D eigenvalue weighted by Gasteiger charge is 2.42. The molecule has 3 unspecified atom stereocenters. The zero-order chi connectivity index (χ0) is 14.8. The maximum absolute atomic E-state index is 13.2. The minimum absolute atomic E-state index is 0.278. The van der Waals surface area contributed by atoms with E-state index >= 15 is 0 Å². The molecule has 0 bridgehead atoms. The first kappa shape index (κ1) is 15.9.